The molecule has 1 fully saturated rings. The summed E-state index contributed by atoms with van der Waals surface area (Å²) in [6.07, 6.45) is 6.51. The fourth-order valence-electron chi connectivity index (χ4n) is 3.63. The van der Waals surface area contributed by atoms with Crippen molar-refractivity contribution in [2.24, 2.45) is 5.41 Å². The number of likely N-dealkylation sites (tertiary alicyclic amines) is 1. The molecule has 0 aromatic carbocycles. The van der Waals surface area contributed by atoms with E-state index < -0.39 is 11.4 Å². The molecule has 1 aromatic rings. The third-order valence-electron chi connectivity index (χ3n) is 4.97. The fourth-order valence-corrected chi connectivity index (χ4v) is 3.63. The van der Waals surface area contributed by atoms with E-state index in [1.165, 1.54) is 5.56 Å². The molecule has 2 aliphatic rings. The van der Waals surface area contributed by atoms with Gasteiger partial charge in [0.1, 0.15) is 5.76 Å². The van der Waals surface area contributed by atoms with Crippen LogP contribution in [0.25, 0.3) is 0 Å². The maximum atomic E-state index is 11.5. The number of furan rings is 1. The number of fused-ring (bicyclic) bond motifs is 1. The van der Waals surface area contributed by atoms with E-state index in [-0.39, 0.29) is 0 Å². The number of hydrogen-bond acceptors (Lipinski definition) is 3. The quantitative estimate of drug-likeness (QED) is 0.911. The number of aliphatic carboxylic acids is 1. The molecular formula is C15H21NO3. The predicted molar refractivity (Wildman–Crippen MR) is 70.9 cm³/mol. The van der Waals surface area contributed by atoms with Crippen molar-refractivity contribution in [1.82, 2.24) is 4.90 Å². The zero-order valence-electron chi connectivity index (χ0n) is 11.4. The molecule has 2 atom stereocenters. The van der Waals surface area contributed by atoms with Crippen LogP contribution in [0.15, 0.2) is 16.7 Å². The summed E-state index contributed by atoms with van der Waals surface area (Å²) in [6.45, 7) is 3.55. The van der Waals surface area contributed by atoms with E-state index in [1.807, 2.05) is 6.92 Å². The van der Waals surface area contributed by atoms with Crippen molar-refractivity contribution in [3.05, 3.63) is 23.7 Å². The van der Waals surface area contributed by atoms with E-state index in [2.05, 4.69) is 11.0 Å². The van der Waals surface area contributed by atoms with Gasteiger partial charge in [-0.2, -0.15) is 0 Å². The molecule has 1 aliphatic carbocycles. The van der Waals surface area contributed by atoms with E-state index in [0.717, 1.165) is 38.0 Å². The molecule has 0 spiro atoms. The van der Waals surface area contributed by atoms with Crippen molar-refractivity contribution in [2.75, 3.05) is 13.1 Å². The van der Waals surface area contributed by atoms with Crippen molar-refractivity contribution in [2.45, 2.75) is 45.1 Å². The Morgan fingerprint density at radius 2 is 2.47 bits per heavy atom. The minimum absolute atomic E-state index is 0.357. The summed E-state index contributed by atoms with van der Waals surface area (Å²) < 4.78 is 5.53. The highest BCUT2D eigenvalue weighted by atomic mass is 16.4. The van der Waals surface area contributed by atoms with Crippen molar-refractivity contribution >= 4 is 5.97 Å². The van der Waals surface area contributed by atoms with Gasteiger partial charge in [0.05, 0.1) is 11.7 Å². The molecule has 2 unspecified atom stereocenters. The highest BCUT2D eigenvalue weighted by molar-refractivity contribution is 5.75. The van der Waals surface area contributed by atoms with Gasteiger partial charge in [0.2, 0.25) is 0 Å². The summed E-state index contributed by atoms with van der Waals surface area (Å²) in [4.78, 5) is 13.9. The first kappa shape index (κ1) is 12.7. The number of carboxylic acid groups (broad SMARTS) is 1. The number of carbonyl (C=O) groups is 1. The third-order valence-corrected chi connectivity index (χ3v) is 4.97. The second kappa shape index (κ2) is 4.67. The van der Waals surface area contributed by atoms with Crippen LogP contribution in [-0.4, -0.2) is 29.1 Å². The van der Waals surface area contributed by atoms with Crippen LogP contribution in [0.2, 0.25) is 0 Å². The molecular weight excluding hydrogens is 242 g/mol. The monoisotopic (exact) mass is 263 g/mol. The zero-order chi connectivity index (χ0) is 13.5. The largest absolute Gasteiger partial charge is 0.481 e. The molecule has 104 valence electrons. The summed E-state index contributed by atoms with van der Waals surface area (Å²) in [5.74, 6) is 0.460. The molecule has 0 amide bonds. The Bertz CT molecular complexity index is 481. The van der Waals surface area contributed by atoms with Gasteiger partial charge in [-0.05, 0) is 38.3 Å². The normalized spacial score (nSPS) is 31.3. The summed E-state index contributed by atoms with van der Waals surface area (Å²) in [6, 6.07) is 2.42. The summed E-state index contributed by atoms with van der Waals surface area (Å²) in [5, 5.41) is 9.49. The van der Waals surface area contributed by atoms with E-state index in [9.17, 15) is 9.90 Å². The van der Waals surface area contributed by atoms with Gasteiger partial charge in [-0.25, -0.2) is 0 Å². The number of nitrogens with zero attached hydrogens (tertiary/aromatic N) is 1. The Labute approximate surface area is 113 Å². The maximum absolute atomic E-state index is 11.5. The summed E-state index contributed by atoms with van der Waals surface area (Å²) in [7, 11) is 0. The van der Waals surface area contributed by atoms with E-state index >= 15 is 0 Å². The lowest BCUT2D eigenvalue weighted by molar-refractivity contribution is -0.148. The zero-order valence-corrected chi connectivity index (χ0v) is 11.4. The van der Waals surface area contributed by atoms with Gasteiger partial charge in [0.25, 0.3) is 0 Å². The van der Waals surface area contributed by atoms with Gasteiger partial charge >= 0.3 is 5.97 Å². The molecule has 4 heteroatoms. The first-order valence-corrected chi connectivity index (χ1v) is 7.20. The second-order valence-electron chi connectivity index (χ2n) is 5.87. The van der Waals surface area contributed by atoms with Crippen molar-refractivity contribution < 1.29 is 14.3 Å². The van der Waals surface area contributed by atoms with Crippen LogP contribution in [0.5, 0.6) is 0 Å². The summed E-state index contributed by atoms with van der Waals surface area (Å²) in [5.41, 5.74) is 0.741. The molecule has 3 rings (SSSR count). The molecule has 0 saturated carbocycles. The SMILES string of the molecule is CCC1(C(=O)O)CCN(C2CCCc3occc32)C1. The molecule has 1 aliphatic heterocycles. The Balaban J connectivity index is 1.81. The van der Waals surface area contributed by atoms with E-state index in [1.54, 1.807) is 6.26 Å². The van der Waals surface area contributed by atoms with Gasteiger partial charge in [0.15, 0.2) is 0 Å². The average molecular weight is 263 g/mol. The van der Waals surface area contributed by atoms with Crippen LogP contribution >= 0.6 is 0 Å². The Hall–Kier alpha value is -1.29. The van der Waals surface area contributed by atoms with E-state index in [0.29, 0.717) is 19.0 Å². The number of aryl methyl sites for hydroxylation is 1. The maximum Gasteiger partial charge on any atom is 0.310 e. The smallest absolute Gasteiger partial charge is 0.310 e. The average Bonchev–Trinajstić information content (AvgIpc) is 3.05. The van der Waals surface area contributed by atoms with Crippen molar-refractivity contribution in [3.63, 3.8) is 0 Å². The van der Waals surface area contributed by atoms with Gasteiger partial charge in [-0.1, -0.05) is 6.92 Å². The van der Waals surface area contributed by atoms with E-state index in [4.69, 9.17) is 4.42 Å². The molecule has 0 radical (unpaired) electrons. The van der Waals surface area contributed by atoms with Crippen molar-refractivity contribution in [1.29, 1.82) is 0 Å². The molecule has 4 nitrogen and oxygen atoms in total. The van der Waals surface area contributed by atoms with Crippen LogP contribution in [-0.2, 0) is 11.2 Å². The van der Waals surface area contributed by atoms with Crippen LogP contribution in [0.1, 0.15) is 50.0 Å². The molecule has 1 aromatic heterocycles. The number of rotatable bonds is 3. The standard InChI is InChI=1S/C15H21NO3/c1-2-15(14(17)18)7-8-16(10-15)12-4-3-5-13-11(12)6-9-19-13/h6,9,12H,2-5,7-8,10H2,1H3,(H,17,18). The first-order valence-electron chi connectivity index (χ1n) is 7.20. The lowest BCUT2D eigenvalue weighted by Crippen LogP contribution is -2.36. The van der Waals surface area contributed by atoms with Gasteiger partial charge in [-0.15, -0.1) is 0 Å². The number of hydrogen-bond donors (Lipinski definition) is 1. The first-order chi connectivity index (χ1) is 9.16. The fraction of sp³-hybridized carbons (Fsp3) is 0.667. The summed E-state index contributed by atoms with van der Waals surface area (Å²) >= 11 is 0. The van der Waals surface area contributed by atoms with Crippen LogP contribution < -0.4 is 0 Å². The Kier molecular flexibility index (Phi) is 3.13. The molecule has 1 N–H and O–H groups in total. The second-order valence-corrected chi connectivity index (χ2v) is 5.87. The highest BCUT2D eigenvalue weighted by Crippen LogP contribution is 2.42. The third kappa shape index (κ3) is 1.98. The van der Waals surface area contributed by atoms with Crippen molar-refractivity contribution in [3.8, 4) is 0 Å². The minimum atomic E-state index is -0.638. The Morgan fingerprint density at radius 3 is 3.16 bits per heavy atom. The topological polar surface area (TPSA) is 53.7 Å². The molecule has 1 saturated heterocycles. The minimum Gasteiger partial charge on any atom is -0.481 e. The number of carboxylic acids is 1. The lowest BCUT2D eigenvalue weighted by Gasteiger charge is -2.32. The molecule has 0 bridgehead atoms. The highest BCUT2D eigenvalue weighted by Gasteiger charge is 2.45. The predicted octanol–water partition coefficient (Wildman–Crippen LogP) is 2.84. The van der Waals surface area contributed by atoms with Gasteiger partial charge in [-0.3, -0.25) is 9.69 Å². The Morgan fingerprint density at radius 1 is 1.63 bits per heavy atom. The van der Waals surface area contributed by atoms with Crippen LogP contribution in [0.4, 0.5) is 0 Å². The molecule has 2 heterocycles. The van der Waals surface area contributed by atoms with Crippen LogP contribution in [0.3, 0.4) is 0 Å². The lowest BCUT2D eigenvalue weighted by atomic mass is 9.84. The van der Waals surface area contributed by atoms with Gasteiger partial charge in [0, 0.05) is 24.6 Å². The van der Waals surface area contributed by atoms with Gasteiger partial charge < -0.3 is 9.52 Å². The van der Waals surface area contributed by atoms with Crippen LogP contribution in [0, 0.1) is 5.41 Å². The molecule has 19 heavy (non-hydrogen) atoms.